The van der Waals surface area contributed by atoms with Gasteiger partial charge in [-0.2, -0.15) is 0 Å². The zero-order valence-electron chi connectivity index (χ0n) is 9.70. The molecule has 1 aromatic rings. The maximum Gasteiger partial charge on any atom is 0.247 e. The van der Waals surface area contributed by atoms with Crippen molar-refractivity contribution in [3.63, 3.8) is 0 Å². The van der Waals surface area contributed by atoms with Gasteiger partial charge in [-0.1, -0.05) is 6.08 Å². The monoisotopic (exact) mass is 244 g/mol. The third kappa shape index (κ3) is 1.84. The average molecular weight is 244 g/mol. The molecule has 0 unspecified atom stereocenters. The van der Waals surface area contributed by atoms with Crippen LogP contribution in [-0.2, 0) is 13.0 Å². The first kappa shape index (κ1) is 10.8. The predicted octanol–water partition coefficient (Wildman–Crippen LogP) is 2.80. The minimum atomic E-state index is -0.324. The van der Waals surface area contributed by atoms with Gasteiger partial charge in [0.1, 0.15) is 12.0 Å². The number of hydrogen-bond acceptors (Lipinski definition) is 3. The van der Waals surface area contributed by atoms with Crippen molar-refractivity contribution < 1.29 is 9.34 Å². The fourth-order valence-electron chi connectivity index (χ4n) is 2.17. The second-order valence-electron chi connectivity index (χ2n) is 4.30. The first-order valence-electron chi connectivity index (χ1n) is 5.80. The first-order chi connectivity index (χ1) is 8.74. The van der Waals surface area contributed by atoms with Crippen molar-refractivity contribution in [2.45, 2.75) is 19.4 Å². The minimum absolute atomic E-state index is 0.242. The second-order valence-corrected chi connectivity index (χ2v) is 4.30. The standard InChI is InChI=1S/C13H12N2O3/c16-15(17)11-3-4-13-10(8-11)5-7-14-6-1-2-12(14)9-18-13/h1-2,5,7-9H,3-4,6H2. The SMILES string of the molecule is O=[N+]([O-])C1=Cc2ccn3c(coc2CC1)C=CC3. The summed E-state index contributed by atoms with van der Waals surface area (Å²) in [6, 6.07) is 1.87. The summed E-state index contributed by atoms with van der Waals surface area (Å²) < 4.78 is 7.66. The highest BCUT2D eigenvalue weighted by Gasteiger charge is 2.19. The Morgan fingerprint density at radius 3 is 3.11 bits per heavy atom. The molecule has 0 spiro atoms. The van der Waals surface area contributed by atoms with Crippen molar-refractivity contribution in [3.05, 3.63) is 57.4 Å². The van der Waals surface area contributed by atoms with E-state index in [4.69, 9.17) is 4.42 Å². The quantitative estimate of drug-likeness (QED) is 0.563. The van der Waals surface area contributed by atoms with Gasteiger partial charge in [-0.05, 0) is 12.1 Å². The molecule has 1 aliphatic heterocycles. The van der Waals surface area contributed by atoms with E-state index >= 15 is 0 Å². The number of aromatic nitrogens is 1. The number of nitro groups is 1. The Morgan fingerprint density at radius 2 is 2.28 bits per heavy atom. The number of nitrogens with zero attached hydrogens (tertiary/aromatic N) is 2. The van der Waals surface area contributed by atoms with Crippen LogP contribution in [0.15, 0.2) is 34.7 Å². The van der Waals surface area contributed by atoms with Crippen molar-refractivity contribution in [2.75, 3.05) is 0 Å². The maximum atomic E-state index is 10.8. The van der Waals surface area contributed by atoms with E-state index in [1.54, 1.807) is 12.3 Å². The number of allylic oxidation sites excluding steroid dienone is 2. The van der Waals surface area contributed by atoms with Gasteiger partial charge in [-0.3, -0.25) is 10.1 Å². The Balaban J connectivity index is 2.13. The van der Waals surface area contributed by atoms with Crippen LogP contribution in [-0.4, -0.2) is 9.49 Å². The van der Waals surface area contributed by atoms with E-state index in [1.165, 1.54) is 0 Å². The first-order valence-corrected chi connectivity index (χ1v) is 5.80. The molecule has 0 N–H and O–H groups in total. The lowest BCUT2D eigenvalue weighted by molar-refractivity contribution is -0.426. The molecule has 2 aliphatic rings. The molecule has 92 valence electrons. The van der Waals surface area contributed by atoms with Crippen LogP contribution in [0, 0.1) is 10.1 Å². The van der Waals surface area contributed by atoms with Gasteiger partial charge < -0.3 is 8.98 Å². The molecular formula is C13H12N2O3. The molecule has 1 aromatic heterocycles. The van der Waals surface area contributed by atoms with Crippen molar-refractivity contribution in [2.24, 2.45) is 0 Å². The summed E-state index contributed by atoms with van der Waals surface area (Å²) in [7, 11) is 0. The van der Waals surface area contributed by atoms with E-state index in [2.05, 4.69) is 0 Å². The molecule has 0 saturated carbocycles. The molecule has 0 radical (unpaired) electrons. The third-order valence-electron chi connectivity index (χ3n) is 3.17. The molecule has 0 fully saturated rings. The highest BCUT2D eigenvalue weighted by Crippen LogP contribution is 2.23. The smallest absolute Gasteiger partial charge is 0.247 e. The summed E-state index contributed by atoms with van der Waals surface area (Å²) >= 11 is 0. The molecule has 0 amide bonds. The molecule has 0 atom stereocenters. The second kappa shape index (κ2) is 4.18. The number of fused-ring (bicyclic) bond motifs is 2. The normalized spacial score (nSPS) is 15.7. The van der Waals surface area contributed by atoms with Crippen molar-refractivity contribution in [3.8, 4) is 0 Å². The molecule has 2 heterocycles. The summed E-state index contributed by atoms with van der Waals surface area (Å²) in [4.78, 5) is 10.5. The minimum Gasteiger partial charge on any atom is -0.467 e. The van der Waals surface area contributed by atoms with E-state index in [-0.39, 0.29) is 10.6 Å². The van der Waals surface area contributed by atoms with Gasteiger partial charge in [0.15, 0.2) is 0 Å². The third-order valence-corrected chi connectivity index (χ3v) is 3.17. The molecule has 3 rings (SSSR count). The highest BCUT2D eigenvalue weighted by atomic mass is 16.6. The van der Waals surface area contributed by atoms with Crippen LogP contribution >= 0.6 is 0 Å². The molecule has 0 saturated heterocycles. The molecule has 0 bridgehead atoms. The molecule has 18 heavy (non-hydrogen) atoms. The molecule has 5 nitrogen and oxygen atoms in total. The predicted molar refractivity (Wildman–Crippen MR) is 66.7 cm³/mol. The Labute approximate surface area is 104 Å². The summed E-state index contributed by atoms with van der Waals surface area (Å²) in [6.07, 6.45) is 10.3. The summed E-state index contributed by atoms with van der Waals surface area (Å²) in [5.74, 6) is 0.796. The van der Waals surface area contributed by atoms with Gasteiger partial charge in [0.25, 0.3) is 0 Å². The van der Waals surface area contributed by atoms with Crippen molar-refractivity contribution in [1.82, 2.24) is 4.57 Å². The van der Waals surface area contributed by atoms with Crippen LogP contribution in [0.2, 0.25) is 0 Å². The summed E-state index contributed by atoms with van der Waals surface area (Å²) in [6.45, 7) is 0.806. The summed E-state index contributed by atoms with van der Waals surface area (Å²) in [5.41, 5.74) is 2.03. The van der Waals surface area contributed by atoms with Gasteiger partial charge in [-0.25, -0.2) is 0 Å². The Kier molecular flexibility index (Phi) is 2.51. The van der Waals surface area contributed by atoms with Gasteiger partial charge in [0.2, 0.25) is 5.70 Å². The molecule has 5 heteroatoms. The Hall–Kier alpha value is -2.30. The molecule has 1 aliphatic carbocycles. The van der Waals surface area contributed by atoms with E-state index < -0.39 is 0 Å². The van der Waals surface area contributed by atoms with E-state index in [9.17, 15) is 10.1 Å². The lowest BCUT2D eigenvalue weighted by Crippen LogP contribution is -2.06. The zero-order chi connectivity index (χ0) is 12.5. The lowest BCUT2D eigenvalue weighted by atomic mass is 10.0. The van der Waals surface area contributed by atoms with Crippen molar-refractivity contribution in [1.29, 1.82) is 0 Å². The van der Waals surface area contributed by atoms with Crippen LogP contribution in [0.25, 0.3) is 12.2 Å². The van der Waals surface area contributed by atoms with Gasteiger partial charge in [0.05, 0.1) is 10.6 Å². The van der Waals surface area contributed by atoms with E-state index in [0.717, 1.165) is 23.6 Å². The van der Waals surface area contributed by atoms with Crippen LogP contribution in [0.3, 0.4) is 0 Å². The van der Waals surface area contributed by atoms with Crippen LogP contribution in [0.4, 0.5) is 0 Å². The van der Waals surface area contributed by atoms with E-state index in [1.807, 2.05) is 29.0 Å². The lowest BCUT2D eigenvalue weighted by Gasteiger charge is -2.09. The van der Waals surface area contributed by atoms with Crippen LogP contribution < -0.4 is 0 Å². The largest absolute Gasteiger partial charge is 0.467 e. The van der Waals surface area contributed by atoms with Gasteiger partial charge in [-0.15, -0.1) is 0 Å². The zero-order valence-corrected chi connectivity index (χ0v) is 9.70. The maximum absolute atomic E-state index is 10.8. The number of aryl methyl sites for hydroxylation is 1. The summed E-state index contributed by atoms with van der Waals surface area (Å²) in [5, 5.41) is 10.8. The van der Waals surface area contributed by atoms with Crippen LogP contribution in [0.1, 0.15) is 23.4 Å². The number of rotatable bonds is 1. The number of hydrogen-bond donors (Lipinski definition) is 0. The molecule has 0 aromatic carbocycles. The highest BCUT2D eigenvalue weighted by molar-refractivity contribution is 5.55. The van der Waals surface area contributed by atoms with Crippen molar-refractivity contribution >= 4 is 12.2 Å². The Morgan fingerprint density at radius 1 is 1.39 bits per heavy atom. The average Bonchev–Trinajstić information content (AvgIpc) is 2.78. The Bertz CT molecular complexity index is 618. The van der Waals surface area contributed by atoms with Gasteiger partial charge in [0, 0.05) is 37.2 Å². The fourth-order valence-corrected chi connectivity index (χ4v) is 2.17. The molecular weight excluding hydrogens is 232 g/mol. The van der Waals surface area contributed by atoms with E-state index in [0.29, 0.717) is 12.8 Å². The fraction of sp³-hybridized carbons (Fsp3) is 0.231. The topological polar surface area (TPSA) is 61.2 Å². The van der Waals surface area contributed by atoms with Gasteiger partial charge >= 0.3 is 0 Å². The van der Waals surface area contributed by atoms with Crippen LogP contribution in [0.5, 0.6) is 0 Å².